The van der Waals surface area contributed by atoms with E-state index in [1.165, 1.54) is 30.7 Å². The average Bonchev–Trinajstić information content (AvgIpc) is 3.19. The monoisotopic (exact) mass is 340 g/mol. The number of hydrogen-bond acceptors (Lipinski definition) is 5. The molecule has 0 spiro atoms. The van der Waals surface area contributed by atoms with Crippen molar-refractivity contribution in [3.63, 3.8) is 0 Å². The van der Waals surface area contributed by atoms with Crippen LogP contribution in [0.2, 0.25) is 0 Å². The van der Waals surface area contributed by atoms with E-state index in [-0.39, 0.29) is 0 Å². The van der Waals surface area contributed by atoms with Crippen LogP contribution in [0, 0.1) is 0 Å². The maximum absolute atomic E-state index is 12.3. The maximum Gasteiger partial charge on any atom is 0.0959 e. The largest absolute Gasteiger partial charge is 0.259 e. The van der Waals surface area contributed by atoms with Gasteiger partial charge in [0.05, 0.1) is 32.9 Å². The molecule has 0 aliphatic heterocycles. The zero-order valence-corrected chi connectivity index (χ0v) is 14.7. The van der Waals surface area contributed by atoms with Gasteiger partial charge in [0.15, 0.2) is 0 Å². The molecule has 21 heavy (non-hydrogen) atoms. The summed E-state index contributed by atoms with van der Waals surface area (Å²) in [5, 5.41) is 6.49. The summed E-state index contributed by atoms with van der Waals surface area (Å²) in [5.74, 6) is 1.76. The van der Waals surface area contributed by atoms with Crippen molar-refractivity contribution in [1.82, 2.24) is 9.97 Å². The minimum absolute atomic E-state index is 0.548. The molecule has 1 atom stereocenters. The van der Waals surface area contributed by atoms with E-state index in [4.69, 9.17) is 4.98 Å². The Bertz CT molecular complexity index is 614. The van der Waals surface area contributed by atoms with Gasteiger partial charge >= 0.3 is 0 Å². The van der Waals surface area contributed by atoms with E-state index in [1.54, 1.807) is 22.7 Å². The average molecular weight is 341 g/mol. The van der Waals surface area contributed by atoms with Crippen molar-refractivity contribution in [2.75, 3.05) is 0 Å². The Labute approximate surface area is 136 Å². The molecule has 1 aliphatic carbocycles. The molecule has 0 radical (unpaired) electrons. The number of hydrogen-bond donors (Lipinski definition) is 0. The number of thiazole rings is 2. The van der Waals surface area contributed by atoms with E-state index in [1.807, 2.05) is 5.38 Å². The second-order valence-electron chi connectivity index (χ2n) is 5.47. The molecule has 2 heterocycles. The standard InChI is InChI=1S/C15H20N2OS3/c1-2-14-16-12(7-19-14)9-21(18)10-13-8-20-15(17-13)11-5-3-4-6-11/h7-8,11H,2-6,9-10H2,1H3/t21-/m0/s1. The Kier molecular flexibility index (Phi) is 5.19. The Hall–Kier alpha value is -0.590. The molecule has 3 nitrogen and oxygen atoms in total. The molecule has 114 valence electrons. The lowest BCUT2D eigenvalue weighted by molar-refractivity contribution is 0.680. The van der Waals surface area contributed by atoms with E-state index in [2.05, 4.69) is 17.3 Å². The van der Waals surface area contributed by atoms with Crippen LogP contribution in [-0.4, -0.2) is 14.2 Å². The van der Waals surface area contributed by atoms with Crippen molar-refractivity contribution >= 4 is 33.5 Å². The molecule has 0 unspecified atom stereocenters. The summed E-state index contributed by atoms with van der Waals surface area (Å²) in [5.41, 5.74) is 1.95. The van der Waals surface area contributed by atoms with Crippen LogP contribution in [0.4, 0.5) is 0 Å². The van der Waals surface area contributed by atoms with Crippen molar-refractivity contribution in [3.05, 3.63) is 32.2 Å². The van der Waals surface area contributed by atoms with Gasteiger partial charge in [-0.3, -0.25) is 4.21 Å². The third kappa shape index (κ3) is 3.99. The fraction of sp³-hybridized carbons (Fsp3) is 0.600. The first kappa shape index (κ1) is 15.3. The molecule has 0 bridgehead atoms. The molecule has 0 saturated heterocycles. The molecule has 1 fully saturated rings. The van der Waals surface area contributed by atoms with E-state index in [9.17, 15) is 4.21 Å². The molecule has 0 aromatic carbocycles. The van der Waals surface area contributed by atoms with E-state index >= 15 is 0 Å². The van der Waals surface area contributed by atoms with Crippen molar-refractivity contribution in [2.24, 2.45) is 0 Å². The highest BCUT2D eigenvalue weighted by Crippen LogP contribution is 2.35. The predicted octanol–water partition coefficient (Wildman–Crippen LogP) is 4.27. The smallest absolute Gasteiger partial charge is 0.0959 e. The van der Waals surface area contributed by atoms with Gasteiger partial charge in [-0.25, -0.2) is 9.97 Å². The van der Waals surface area contributed by atoms with E-state index < -0.39 is 10.8 Å². The van der Waals surface area contributed by atoms with Crippen LogP contribution in [0.5, 0.6) is 0 Å². The number of nitrogens with zero attached hydrogens (tertiary/aromatic N) is 2. The van der Waals surface area contributed by atoms with Crippen molar-refractivity contribution in [2.45, 2.75) is 56.5 Å². The highest BCUT2D eigenvalue weighted by atomic mass is 32.2. The zero-order valence-electron chi connectivity index (χ0n) is 12.2. The van der Waals surface area contributed by atoms with Gasteiger partial charge in [-0.05, 0) is 19.3 Å². The molecule has 0 amide bonds. The molecule has 2 aromatic rings. The Morgan fingerprint density at radius 1 is 1.14 bits per heavy atom. The minimum atomic E-state index is -0.910. The quantitative estimate of drug-likeness (QED) is 0.789. The molecule has 6 heteroatoms. The van der Waals surface area contributed by atoms with E-state index in [0.717, 1.165) is 22.8 Å². The van der Waals surface area contributed by atoms with Gasteiger partial charge in [0, 0.05) is 27.5 Å². The number of aryl methyl sites for hydroxylation is 1. The Morgan fingerprint density at radius 2 is 1.81 bits per heavy atom. The lowest BCUT2D eigenvalue weighted by Gasteiger charge is -2.02. The summed E-state index contributed by atoms with van der Waals surface area (Å²) in [6.07, 6.45) is 6.15. The van der Waals surface area contributed by atoms with Crippen molar-refractivity contribution < 1.29 is 4.21 Å². The van der Waals surface area contributed by atoms with Crippen LogP contribution in [0.15, 0.2) is 10.8 Å². The SMILES string of the molecule is CCc1nc(C[S@](=O)Cc2csc(C3CCCC3)n2)cs1. The van der Waals surface area contributed by atoms with Gasteiger partial charge in [-0.1, -0.05) is 19.8 Å². The van der Waals surface area contributed by atoms with Crippen LogP contribution in [-0.2, 0) is 28.7 Å². The second-order valence-corrected chi connectivity index (χ2v) is 8.76. The van der Waals surface area contributed by atoms with Gasteiger partial charge in [0.2, 0.25) is 0 Å². The first-order valence-corrected chi connectivity index (χ1v) is 10.7. The summed E-state index contributed by atoms with van der Waals surface area (Å²) in [6.45, 7) is 2.10. The summed E-state index contributed by atoms with van der Waals surface area (Å²) < 4.78 is 12.3. The lowest BCUT2D eigenvalue weighted by atomic mass is 10.1. The van der Waals surface area contributed by atoms with E-state index in [0.29, 0.717) is 17.4 Å². The Balaban J connectivity index is 1.57. The minimum Gasteiger partial charge on any atom is -0.259 e. The van der Waals surface area contributed by atoms with Gasteiger partial charge in [0.1, 0.15) is 0 Å². The first-order valence-electron chi connectivity index (χ1n) is 7.47. The molecule has 2 aromatic heterocycles. The van der Waals surface area contributed by atoms with Crippen LogP contribution in [0.25, 0.3) is 0 Å². The molecule has 3 rings (SSSR count). The molecule has 1 saturated carbocycles. The fourth-order valence-corrected chi connectivity index (χ4v) is 5.71. The van der Waals surface area contributed by atoms with Crippen molar-refractivity contribution in [1.29, 1.82) is 0 Å². The highest BCUT2D eigenvalue weighted by molar-refractivity contribution is 7.83. The maximum atomic E-state index is 12.3. The van der Waals surface area contributed by atoms with Gasteiger partial charge in [-0.2, -0.15) is 0 Å². The fourth-order valence-electron chi connectivity index (χ4n) is 2.71. The number of aromatic nitrogens is 2. The van der Waals surface area contributed by atoms with Crippen LogP contribution in [0.1, 0.15) is 59.9 Å². The third-order valence-electron chi connectivity index (χ3n) is 3.79. The van der Waals surface area contributed by atoms with Crippen LogP contribution >= 0.6 is 22.7 Å². The molecule has 1 aliphatic rings. The zero-order chi connectivity index (χ0) is 14.7. The highest BCUT2D eigenvalue weighted by Gasteiger charge is 2.20. The first-order chi connectivity index (χ1) is 10.2. The normalized spacial score (nSPS) is 17.4. The predicted molar refractivity (Wildman–Crippen MR) is 90.4 cm³/mol. The van der Waals surface area contributed by atoms with Gasteiger partial charge < -0.3 is 0 Å². The van der Waals surface area contributed by atoms with Gasteiger partial charge in [0.25, 0.3) is 0 Å². The summed E-state index contributed by atoms with van der Waals surface area (Å²) in [4.78, 5) is 9.19. The topological polar surface area (TPSA) is 42.9 Å². The third-order valence-corrected chi connectivity index (χ3v) is 7.13. The summed E-state index contributed by atoms with van der Waals surface area (Å²) in [6, 6.07) is 0. The molecule has 0 N–H and O–H groups in total. The summed E-state index contributed by atoms with van der Waals surface area (Å²) >= 11 is 3.40. The van der Waals surface area contributed by atoms with Crippen LogP contribution < -0.4 is 0 Å². The molecular formula is C15H20N2OS3. The Morgan fingerprint density at radius 3 is 2.48 bits per heavy atom. The van der Waals surface area contributed by atoms with Crippen molar-refractivity contribution in [3.8, 4) is 0 Å². The second kappa shape index (κ2) is 7.11. The summed E-state index contributed by atoms with van der Waals surface area (Å²) in [7, 11) is -0.910. The van der Waals surface area contributed by atoms with Gasteiger partial charge in [-0.15, -0.1) is 22.7 Å². The number of rotatable bonds is 6. The molecular weight excluding hydrogens is 320 g/mol. The lowest BCUT2D eigenvalue weighted by Crippen LogP contribution is -2.01. The van der Waals surface area contributed by atoms with Crippen LogP contribution in [0.3, 0.4) is 0 Å².